The highest BCUT2D eigenvalue weighted by atomic mass is 79.9. The number of nitrogens with zero attached hydrogens (tertiary/aromatic N) is 1. The van der Waals surface area contributed by atoms with Gasteiger partial charge in [0.1, 0.15) is 0 Å². The van der Waals surface area contributed by atoms with Crippen molar-refractivity contribution in [3.05, 3.63) is 82.0 Å². The van der Waals surface area contributed by atoms with Gasteiger partial charge in [-0.1, -0.05) is 52.3 Å². The summed E-state index contributed by atoms with van der Waals surface area (Å²) in [4.78, 5) is 14.5. The Labute approximate surface area is 156 Å². The van der Waals surface area contributed by atoms with Gasteiger partial charge in [0.15, 0.2) is 5.60 Å². The number of carbonyl (C=O) groups excluding carboxylic acids is 1. The van der Waals surface area contributed by atoms with Crippen LogP contribution in [0.1, 0.15) is 42.5 Å². The maximum Gasteiger partial charge on any atom is 0.415 e. The van der Waals surface area contributed by atoms with Gasteiger partial charge >= 0.3 is 6.09 Å². The molecule has 3 nitrogen and oxygen atoms in total. The van der Waals surface area contributed by atoms with Crippen molar-refractivity contribution in [2.24, 2.45) is 0 Å². The van der Waals surface area contributed by atoms with Crippen LogP contribution in [0.3, 0.4) is 0 Å². The van der Waals surface area contributed by atoms with Crippen molar-refractivity contribution in [1.29, 1.82) is 0 Å². The first-order chi connectivity index (χ1) is 12.1. The molecule has 25 heavy (non-hydrogen) atoms. The summed E-state index contributed by atoms with van der Waals surface area (Å²) in [5, 5.41) is 0. The fourth-order valence-corrected chi connectivity index (χ4v) is 4.06. The van der Waals surface area contributed by atoms with Gasteiger partial charge in [-0.3, -0.25) is 4.90 Å². The second-order valence-electron chi connectivity index (χ2n) is 6.72. The number of halogens is 1. The minimum absolute atomic E-state index is 0.0759. The van der Waals surface area contributed by atoms with Gasteiger partial charge in [-0.2, -0.15) is 0 Å². The lowest BCUT2D eigenvalue weighted by molar-refractivity contribution is -0.00243. The third-order valence-corrected chi connectivity index (χ3v) is 5.75. The van der Waals surface area contributed by atoms with Crippen molar-refractivity contribution in [3.63, 3.8) is 0 Å². The van der Waals surface area contributed by atoms with Gasteiger partial charge in [-0.05, 0) is 55.5 Å². The molecule has 0 bridgehead atoms. The lowest BCUT2D eigenvalue weighted by Gasteiger charge is -2.41. The maximum absolute atomic E-state index is 12.8. The summed E-state index contributed by atoms with van der Waals surface area (Å²) < 4.78 is 7.04. The Hall–Kier alpha value is -2.07. The molecule has 0 N–H and O–H groups in total. The number of benzene rings is 2. The van der Waals surface area contributed by atoms with E-state index in [9.17, 15) is 4.79 Å². The van der Waals surface area contributed by atoms with E-state index in [2.05, 4.69) is 34.1 Å². The highest BCUT2D eigenvalue weighted by Crippen LogP contribution is 2.43. The van der Waals surface area contributed by atoms with E-state index < -0.39 is 5.60 Å². The van der Waals surface area contributed by atoms with Gasteiger partial charge in [0, 0.05) is 16.2 Å². The van der Waals surface area contributed by atoms with E-state index in [1.807, 2.05) is 49.5 Å². The number of carbonyl (C=O) groups is 1. The molecule has 2 atom stereocenters. The summed E-state index contributed by atoms with van der Waals surface area (Å²) in [5.74, 6) is 0. The molecule has 0 saturated heterocycles. The van der Waals surface area contributed by atoms with Crippen LogP contribution in [0.25, 0.3) is 0 Å². The molecule has 1 aliphatic carbocycles. The van der Waals surface area contributed by atoms with Gasteiger partial charge < -0.3 is 4.74 Å². The molecule has 0 saturated carbocycles. The fraction of sp³-hybridized carbons (Fsp3) is 0.286. The van der Waals surface area contributed by atoms with Crippen LogP contribution >= 0.6 is 15.9 Å². The van der Waals surface area contributed by atoms with E-state index in [4.69, 9.17) is 4.74 Å². The molecular weight excluding hydrogens is 378 g/mol. The number of fused-ring (bicyclic) bond motifs is 2. The molecule has 2 aromatic rings. The Morgan fingerprint density at radius 2 is 1.92 bits per heavy atom. The van der Waals surface area contributed by atoms with Gasteiger partial charge in [-0.25, -0.2) is 4.79 Å². The molecule has 1 aliphatic heterocycles. The summed E-state index contributed by atoms with van der Waals surface area (Å²) in [5.41, 5.74) is 2.87. The Kier molecular flexibility index (Phi) is 4.16. The van der Waals surface area contributed by atoms with Crippen LogP contribution in [0.4, 0.5) is 4.79 Å². The van der Waals surface area contributed by atoms with E-state index in [0.29, 0.717) is 0 Å². The van der Waals surface area contributed by atoms with Gasteiger partial charge in [0.25, 0.3) is 0 Å². The average Bonchev–Trinajstić information content (AvgIpc) is 2.62. The summed E-state index contributed by atoms with van der Waals surface area (Å²) in [6, 6.07) is 16.2. The van der Waals surface area contributed by atoms with Crippen LogP contribution in [-0.2, 0) is 16.8 Å². The number of hydrogen-bond donors (Lipinski definition) is 0. The first-order valence-corrected chi connectivity index (χ1v) is 9.43. The highest BCUT2D eigenvalue weighted by molar-refractivity contribution is 9.10. The first kappa shape index (κ1) is 16.4. The average molecular weight is 398 g/mol. The third kappa shape index (κ3) is 2.89. The van der Waals surface area contributed by atoms with E-state index in [1.54, 1.807) is 4.90 Å². The minimum atomic E-state index is -0.609. The van der Waals surface area contributed by atoms with E-state index in [0.717, 1.165) is 34.9 Å². The molecule has 4 heteroatoms. The molecule has 0 aromatic heterocycles. The molecule has 128 valence electrons. The lowest BCUT2D eigenvalue weighted by atomic mass is 9.78. The van der Waals surface area contributed by atoms with Crippen molar-refractivity contribution in [2.45, 2.75) is 37.8 Å². The predicted molar refractivity (Wildman–Crippen MR) is 101 cm³/mol. The molecule has 1 heterocycles. The highest BCUT2D eigenvalue weighted by Gasteiger charge is 2.42. The first-order valence-electron chi connectivity index (χ1n) is 8.64. The molecule has 1 amide bonds. The number of amides is 1. The number of hydrogen-bond acceptors (Lipinski definition) is 2. The van der Waals surface area contributed by atoms with Crippen LogP contribution in [0, 0.1) is 0 Å². The molecule has 2 unspecified atom stereocenters. The summed E-state index contributed by atoms with van der Waals surface area (Å²) in [7, 11) is 0. The van der Waals surface area contributed by atoms with Crippen LogP contribution in [-0.4, -0.2) is 11.0 Å². The quantitative estimate of drug-likeness (QED) is 0.649. The minimum Gasteiger partial charge on any atom is -0.433 e. The SMILES string of the molecule is CC(c1ccc(Br)cc1)N1C=CC2(CCCc3ccccc32)OC1=O. The number of rotatable bonds is 2. The topological polar surface area (TPSA) is 29.5 Å². The molecule has 1 spiro atoms. The van der Waals surface area contributed by atoms with Crippen LogP contribution < -0.4 is 0 Å². The fourth-order valence-electron chi connectivity index (χ4n) is 3.80. The van der Waals surface area contributed by atoms with Crippen molar-refractivity contribution >= 4 is 22.0 Å². The monoisotopic (exact) mass is 397 g/mol. The van der Waals surface area contributed by atoms with Crippen molar-refractivity contribution < 1.29 is 9.53 Å². The van der Waals surface area contributed by atoms with Gasteiger partial charge in [-0.15, -0.1) is 0 Å². The lowest BCUT2D eigenvalue weighted by Crippen LogP contribution is -2.43. The van der Waals surface area contributed by atoms with Gasteiger partial charge in [0.2, 0.25) is 0 Å². The Bertz CT molecular complexity index is 830. The van der Waals surface area contributed by atoms with Crippen LogP contribution in [0.2, 0.25) is 0 Å². The largest absolute Gasteiger partial charge is 0.433 e. The van der Waals surface area contributed by atoms with Crippen LogP contribution in [0.15, 0.2) is 65.3 Å². The normalized spacial score (nSPS) is 23.3. The van der Waals surface area contributed by atoms with Gasteiger partial charge in [0.05, 0.1) is 6.04 Å². The maximum atomic E-state index is 12.8. The Balaban J connectivity index is 1.65. The second kappa shape index (κ2) is 6.34. The zero-order valence-corrected chi connectivity index (χ0v) is 15.7. The summed E-state index contributed by atoms with van der Waals surface area (Å²) in [6.45, 7) is 2.02. The van der Waals surface area contributed by atoms with E-state index in [-0.39, 0.29) is 12.1 Å². The van der Waals surface area contributed by atoms with Crippen molar-refractivity contribution in [1.82, 2.24) is 4.90 Å². The van der Waals surface area contributed by atoms with E-state index in [1.165, 1.54) is 5.56 Å². The summed E-state index contributed by atoms with van der Waals surface area (Å²) in [6.07, 6.45) is 6.59. The second-order valence-corrected chi connectivity index (χ2v) is 7.63. The molecule has 2 aromatic carbocycles. The van der Waals surface area contributed by atoms with Crippen LogP contribution in [0.5, 0.6) is 0 Å². The number of ether oxygens (including phenoxy) is 1. The molecule has 4 rings (SSSR count). The molecular formula is C21H20BrNO2. The zero-order chi connectivity index (χ0) is 17.4. The number of aryl methyl sites for hydroxylation is 1. The van der Waals surface area contributed by atoms with Crippen molar-refractivity contribution in [3.8, 4) is 0 Å². The zero-order valence-electron chi connectivity index (χ0n) is 14.1. The third-order valence-electron chi connectivity index (χ3n) is 5.22. The predicted octanol–water partition coefficient (Wildman–Crippen LogP) is 5.71. The van der Waals surface area contributed by atoms with Crippen molar-refractivity contribution in [2.75, 3.05) is 0 Å². The molecule has 0 fully saturated rings. The summed E-state index contributed by atoms with van der Waals surface area (Å²) >= 11 is 3.45. The van der Waals surface area contributed by atoms with E-state index >= 15 is 0 Å². The molecule has 0 radical (unpaired) electrons. The Morgan fingerprint density at radius 1 is 1.16 bits per heavy atom. The molecule has 2 aliphatic rings. The smallest absolute Gasteiger partial charge is 0.415 e. The Morgan fingerprint density at radius 3 is 2.68 bits per heavy atom. The standard InChI is InChI=1S/C21H20BrNO2/c1-15(16-8-10-18(22)11-9-16)23-14-13-21(25-20(23)24)12-4-6-17-5-2-3-7-19(17)21/h2-3,5,7-11,13-15H,4,6,12H2,1H3.